The van der Waals surface area contributed by atoms with Crippen LogP contribution >= 0.6 is 24.4 Å². The number of thiol groups is 1. The summed E-state index contributed by atoms with van der Waals surface area (Å²) in [6.45, 7) is 2.28. The van der Waals surface area contributed by atoms with Crippen LogP contribution in [0.1, 0.15) is 39.0 Å². The van der Waals surface area contributed by atoms with Crippen molar-refractivity contribution in [1.29, 1.82) is 0 Å². The number of rotatable bonds is 2. The van der Waals surface area contributed by atoms with E-state index in [9.17, 15) is 0 Å². The largest absolute Gasteiger partial charge is 0.358 e. The molecule has 4 heteroatoms. The summed E-state index contributed by atoms with van der Waals surface area (Å²) < 4.78 is 6.15. The van der Waals surface area contributed by atoms with Crippen LogP contribution in [-0.2, 0) is 4.74 Å². The van der Waals surface area contributed by atoms with Gasteiger partial charge in [0.25, 0.3) is 0 Å². The Bertz CT molecular complexity index is 268. The maximum absolute atomic E-state index is 6.15. The van der Waals surface area contributed by atoms with Crippen LogP contribution in [-0.4, -0.2) is 40.2 Å². The zero-order valence-corrected chi connectivity index (χ0v) is 12.3. The molecule has 0 aromatic heterocycles. The predicted molar refractivity (Wildman–Crippen MR) is 76.6 cm³/mol. The highest BCUT2D eigenvalue weighted by Gasteiger charge is 2.50. The average molecular weight is 273 g/mol. The molecule has 3 aliphatic rings. The summed E-state index contributed by atoms with van der Waals surface area (Å²) in [4.78, 5) is 2.65. The SMILES string of the molecule is C[C@H]1O[C@H]2CS[C@H](CS)N2[C@@H]1C1CCCCC1. The van der Waals surface area contributed by atoms with E-state index >= 15 is 0 Å². The van der Waals surface area contributed by atoms with Crippen LogP contribution in [0, 0.1) is 5.92 Å². The number of nitrogens with zero attached hydrogens (tertiary/aromatic N) is 1. The maximum atomic E-state index is 6.15. The zero-order valence-electron chi connectivity index (χ0n) is 10.5. The van der Waals surface area contributed by atoms with E-state index in [0.29, 0.717) is 23.7 Å². The molecule has 3 fully saturated rings. The molecule has 0 bridgehead atoms. The number of fused-ring (bicyclic) bond motifs is 1. The van der Waals surface area contributed by atoms with E-state index in [0.717, 1.165) is 17.4 Å². The van der Waals surface area contributed by atoms with Crippen LogP contribution in [0.15, 0.2) is 0 Å². The molecule has 0 aromatic carbocycles. The summed E-state index contributed by atoms with van der Waals surface area (Å²) in [7, 11) is 0. The van der Waals surface area contributed by atoms with E-state index in [-0.39, 0.29) is 0 Å². The van der Waals surface area contributed by atoms with Crippen molar-refractivity contribution in [2.45, 2.75) is 62.8 Å². The molecule has 1 aliphatic carbocycles. The average Bonchev–Trinajstić information content (AvgIpc) is 2.87. The molecule has 3 rings (SSSR count). The second-order valence-electron chi connectivity index (χ2n) is 5.60. The number of thioether (sulfide) groups is 1. The Hall–Kier alpha value is 0.620. The Morgan fingerprint density at radius 1 is 1.29 bits per heavy atom. The molecule has 0 aromatic rings. The van der Waals surface area contributed by atoms with Gasteiger partial charge in [0.05, 0.1) is 11.5 Å². The third-order valence-electron chi connectivity index (χ3n) is 4.58. The quantitative estimate of drug-likeness (QED) is 0.777. The highest BCUT2D eigenvalue weighted by atomic mass is 32.2. The molecule has 98 valence electrons. The fourth-order valence-corrected chi connectivity index (χ4v) is 5.56. The van der Waals surface area contributed by atoms with Crippen molar-refractivity contribution in [3.05, 3.63) is 0 Å². The molecule has 2 nitrogen and oxygen atoms in total. The first-order valence-corrected chi connectivity index (χ1v) is 8.64. The fourth-order valence-electron chi connectivity index (χ4n) is 3.86. The van der Waals surface area contributed by atoms with Gasteiger partial charge in [-0.3, -0.25) is 4.90 Å². The van der Waals surface area contributed by atoms with Gasteiger partial charge in [-0.15, -0.1) is 11.8 Å². The monoisotopic (exact) mass is 273 g/mol. The van der Waals surface area contributed by atoms with Gasteiger partial charge in [-0.05, 0) is 25.7 Å². The first kappa shape index (κ1) is 12.6. The third-order valence-corrected chi connectivity index (χ3v) is 6.45. The van der Waals surface area contributed by atoms with E-state index in [1.165, 1.54) is 32.1 Å². The Balaban J connectivity index is 1.76. The smallest absolute Gasteiger partial charge is 0.121 e. The summed E-state index contributed by atoms with van der Waals surface area (Å²) in [5, 5.41) is 0.584. The van der Waals surface area contributed by atoms with Crippen molar-refractivity contribution >= 4 is 24.4 Å². The standard InChI is InChI=1S/C13H23NOS2/c1-9-13(10-5-3-2-4-6-10)14-11(15-9)8-17-12(14)7-16/h9-13,16H,2-8H2,1H3/t9-,11+,12-,13+/m1/s1. The summed E-state index contributed by atoms with van der Waals surface area (Å²) in [5.41, 5.74) is 0. The van der Waals surface area contributed by atoms with Crippen molar-refractivity contribution < 1.29 is 4.74 Å². The molecule has 2 aliphatic heterocycles. The van der Waals surface area contributed by atoms with Gasteiger partial charge >= 0.3 is 0 Å². The number of ether oxygens (including phenoxy) is 1. The van der Waals surface area contributed by atoms with Crippen LogP contribution in [0.25, 0.3) is 0 Å². The van der Waals surface area contributed by atoms with Gasteiger partial charge in [0.1, 0.15) is 6.23 Å². The van der Waals surface area contributed by atoms with Crippen molar-refractivity contribution in [3.63, 3.8) is 0 Å². The Labute approximate surface area is 114 Å². The van der Waals surface area contributed by atoms with Crippen molar-refractivity contribution in [2.75, 3.05) is 11.5 Å². The van der Waals surface area contributed by atoms with Crippen LogP contribution in [0.2, 0.25) is 0 Å². The first-order chi connectivity index (χ1) is 8.31. The molecule has 4 atom stereocenters. The van der Waals surface area contributed by atoms with Gasteiger partial charge in [-0.1, -0.05) is 19.3 Å². The maximum Gasteiger partial charge on any atom is 0.121 e. The summed E-state index contributed by atoms with van der Waals surface area (Å²) >= 11 is 6.54. The Morgan fingerprint density at radius 2 is 2.06 bits per heavy atom. The second-order valence-corrected chi connectivity index (χ2v) is 7.18. The lowest BCUT2D eigenvalue weighted by Gasteiger charge is -2.36. The lowest BCUT2D eigenvalue weighted by molar-refractivity contribution is 0.0294. The van der Waals surface area contributed by atoms with Crippen LogP contribution in [0.4, 0.5) is 0 Å². The highest BCUT2D eigenvalue weighted by Crippen LogP contribution is 2.44. The number of hydrogen-bond donors (Lipinski definition) is 1. The normalized spacial score (nSPS) is 44.1. The topological polar surface area (TPSA) is 12.5 Å². The summed E-state index contributed by atoms with van der Waals surface area (Å²) in [5.74, 6) is 2.96. The molecule has 1 saturated carbocycles. The van der Waals surface area contributed by atoms with Crippen molar-refractivity contribution in [1.82, 2.24) is 4.90 Å². The fraction of sp³-hybridized carbons (Fsp3) is 1.00. The number of hydrogen-bond acceptors (Lipinski definition) is 4. The zero-order chi connectivity index (χ0) is 11.8. The Kier molecular flexibility index (Phi) is 3.95. The molecule has 0 spiro atoms. The molecule has 0 radical (unpaired) electrons. The molecule has 17 heavy (non-hydrogen) atoms. The summed E-state index contributed by atoms with van der Waals surface area (Å²) in [6, 6.07) is 0.660. The van der Waals surface area contributed by atoms with E-state index in [1.807, 2.05) is 11.8 Å². The molecule has 0 unspecified atom stereocenters. The van der Waals surface area contributed by atoms with Gasteiger partial charge in [0, 0.05) is 17.5 Å². The Morgan fingerprint density at radius 3 is 2.76 bits per heavy atom. The predicted octanol–water partition coefficient (Wildman–Crippen LogP) is 2.98. The van der Waals surface area contributed by atoms with Gasteiger partial charge in [-0.2, -0.15) is 12.6 Å². The molecule has 0 amide bonds. The lowest BCUT2D eigenvalue weighted by Crippen LogP contribution is -2.46. The van der Waals surface area contributed by atoms with Crippen molar-refractivity contribution in [3.8, 4) is 0 Å². The van der Waals surface area contributed by atoms with E-state index in [2.05, 4.69) is 24.5 Å². The van der Waals surface area contributed by atoms with Gasteiger partial charge in [0.15, 0.2) is 0 Å². The van der Waals surface area contributed by atoms with Crippen LogP contribution in [0.3, 0.4) is 0 Å². The minimum absolute atomic E-state index is 0.374. The van der Waals surface area contributed by atoms with Crippen LogP contribution < -0.4 is 0 Å². The van der Waals surface area contributed by atoms with Gasteiger partial charge in [0.2, 0.25) is 0 Å². The summed E-state index contributed by atoms with van der Waals surface area (Å²) in [6.07, 6.45) is 7.89. The van der Waals surface area contributed by atoms with E-state index < -0.39 is 0 Å². The molecule has 2 saturated heterocycles. The van der Waals surface area contributed by atoms with Crippen molar-refractivity contribution in [2.24, 2.45) is 5.92 Å². The van der Waals surface area contributed by atoms with Gasteiger partial charge < -0.3 is 4.74 Å². The minimum atomic E-state index is 0.374. The lowest BCUT2D eigenvalue weighted by atomic mass is 9.81. The van der Waals surface area contributed by atoms with E-state index in [1.54, 1.807) is 0 Å². The van der Waals surface area contributed by atoms with Crippen LogP contribution in [0.5, 0.6) is 0 Å². The second kappa shape index (κ2) is 5.32. The molecular formula is C13H23NOS2. The molecular weight excluding hydrogens is 250 g/mol. The molecule has 0 N–H and O–H groups in total. The minimum Gasteiger partial charge on any atom is -0.358 e. The highest BCUT2D eigenvalue weighted by molar-refractivity contribution is 8.00. The van der Waals surface area contributed by atoms with Gasteiger partial charge in [-0.25, -0.2) is 0 Å². The van der Waals surface area contributed by atoms with E-state index in [4.69, 9.17) is 4.74 Å². The first-order valence-electron chi connectivity index (χ1n) is 6.96. The molecule has 2 heterocycles. The third kappa shape index (κ3) is 2.26.